The van der Waals surface area contributed by atoms with Gasteiger partial charge in [0.15, 0.2) is 0 Å². The van der Waals surface area contributed by atoms with Crippen LogP contribution in [0.15, 0.2) is 91.0 Å². The average molecular weight is 615 g/mol. The topological polar surface area (TPSA) is 38.7 Å². The van der Waals surface area contributed by atoms with Gasteiger partial charge in [-0.15, -0.1) is 0 Å². The van der Waals surface area contributed by atoms with Gasteiger partial charge in [0, 0.05) is 0 Å². The van der Waals surface area contributed by atoms with E-state index in [2.05, 4.69) is 93.6 Å². The maximum atomic E-state index is 11.3. The quantitative estimate of drug-likeness (QED) is 0.0762. The van der Waals surface area contributed by atoms with Gasteiger partial charge < -0.3 is 14.6 Å². The van der Waals surface area contributed by atoms with Crippen molar-refractivity contribution in [2.75, 3.05) is 13.2 Å². The molecule has 0 fully saturated rings. The highest BCUT2D eigenvalue weighted by Crippen LogP contribution is 2.40. The van der Waals surface area contributed by atoms with E-state index in [1.54, 1.807) is 0 Å². The number of benzene rings is 3. The molecule has 0 aliphatic rings. The molecule has 3 aromatic carbocycles. The Bertz CT molecular complexity index is 1000. The molecule has 0 saturated carbocycles. The van der Waals surface area contributed by atoms with Gasteiger partial charge >= 0.3 is 0 Å². The first-order valence-electron chi connectivity index (χ1n) is 18.2. The molecule has 3 rings (SSSR count). The minimum absolute atomic E-state index is 0.174. The van der Waals surface area contributed by atoms with Gasteiger partial charge in [-0.1, -0.05) is 195 Å². The zero-order chi connectivity index (χ0) is 32.0. The fourth-order valence-electron chi connectivity index (χ4n) is 6.54. The molecule has 3 aromatic rings. The molecule has 3 heteroatoms. The van der Waals surface area contributed by atoms with Crippen LogP contribution in [0.3, 0.4) is 0 Å². The second kappa shape index (κ2) is 22.1. The largest absolute Gasteiger partial charge is 0.388 e. The first-order chi connectivity index (χ1) is 22.1. The van der Waals surface area contributed by atoms with Gasteiger partial charge in [-0.05, 0) is 35.4 Å². The molecule has 0 bridgehead atoms. The van der Waals surface area contributed by atoms with Crippen LogP contribution >= 0.6 is 0 Å². The van der Waals surface area contributed by atoms with Crippen LogP contribution < -0.4 is 0 Å². The monoisotopic (exact) mass is 614 g/mol. The van der Waals surface area contributed by atoms with E-state index in [0.717, 1.165) is 23.1 Å². The van der Waals surface area contributed by atoms with Crippen LogP contribution in [0.5, 0.6) is 0 Å². The summed E-state index contributed by atoms with van der Waals surface area (Å²) < 4.78 is 13.4. The number of aliphatic hydroxyl groups is 1. The second-order valence-electron chi connectivity index (χ2n) is 13.1. The fraction of sp³-hybridized carbons (Fsp3) is 0.571. The normalized spacial score (nSPS) is 13.9. The molecular formula is C42H62O3. The van der Waals surface area contributed by atoms with Crippen molar-refractivity contribution >= 4 is 0 Å². The van der Waals surface area contributed by atoms with E-state index in [1.165, 1.54) is 89.9 Å². The average Bonchev–Trinajstić information content (AvgIpc) is 3.09. The highest BCUT2D eigenvalue weighted by atomic mass is 16.5. The van der Waals surface area contributed by atoms with Crippen LogP contribution in [0.25, 0.3) is 0 Å². The summed E-state index contributed by atoms with van der Waals surface area (Å²) in [5.41, 5.74) is 2.28. The fourth-order valence-corrected chi connectivity index (χ4v) is 6.54. The first-order valence-corrected chi connectivity index (χ1v) is 18.2. The standard InChI is InChI=1S/C42H62O3/c1-4-6-8-10-11-12-13-14-25-33-41(36(3)26-18-9-7-5-2)44-34-40(43)35-45-42(37-27-19-15-20-28-37,38-29-21-16-22-30-38)39-31-23-17-24-32-39/h15-17,19-24,27-32,36,40-41,43H,4-14,18,25-26,33-35H2,1-3H3. The Morgan fingerprint density at radius 1 is 0.533 bits per heavy atom. The zero-order valence-electron chi connectivity index (χ0n) is 28.7. The Labute approximate surface area is 275 Å². The van der Waals surface area contributed by atoms with Crippen molar-refractivity contribution in [2.45, 2.75) is 135 Å². The summed E-state index contributed by atoms with van der Waals surface area (Å²) in [5.74, 6) is 0.487. The minimum Gasteiger partial charge on any atom is -0.388 e. The van der Waals surface area contributed by atoms with E-state index in [4.69, 9.17) is 9.47 Å². The molecule has 1 N–H and O–H groups in total. The van der Waals surface area contributed by atoms with Crippen molar-refractivity contribution in [1.82, 2.24) is 0 Å². The third-order valence-corrected chi connectivity index (χ3v) is 9.28. The Balaban J connectivity index is 1.64. The minimum atomic E-state index is -0.840. The molecule has 0 aromatic heterocycles. The van der Waals surface area contributed by atoms with Crippen LogP contribution in [-0.2, 0) is 15.1 Å². The van der Waals surface area contributed by atoms with E-state index in [9.17, 15) is 5.11 Å². The Kier molecular flexibility index (Phi) is 18.2. The van der Waals surface area contributed by atoms with Crippen molar-refractivity contribution in [2.24, 2.45) is 5.92 Å². The summed E-state index contributed by atoms with van der Waals surface area (Å²) in [5, 5.41) is 11.3. The van der Waals surface area contributed by atoms with E-state index in [-0.39, 0.29) is 19.3 Å². The van der Waals surface area contributed by atoms with Crippen molar-refractivity contribution in [1.29, 1.82) is 0 Å². The van der Waals surface area contributed by atoms with E-state index < -0.39 is 11.7 Å². The summed E-state index contributed by atoms with van der Waals surface area (Å²) in [7, 11) is 0. The second-order valence-corrected chi connectivity index (χ2v) is 13.1. The van der Waals surface area contributed by atoms with E-state index in [0.29, 0.717) is 5.92 Å². The van der Waals surface area contributed by atoms with Crippen LogP contribution in [0.2, 0.25) is 0 Å². The molecule has 3 atom stereocenters. The number of hydrogen-bond donors (Lipinski definition) is 1. The lowest BCUT2D eigenvalue weighted by molar-refractivity contribution is -0.0868. The molecule has 3 unspecified atom stereocenters. The van der Waals surface area contributed by atoms with Crippen LogP contribution in [-0.4, -0.2) is 30.5 Å². The molecule has 0 amide bonds. The van der Waals surface area contributed by atoms with Gasteiger partial charge in [0.05, 0.1) is 19.3 Å². The molecule has 3 nitrogen and oxygen atoms in total. The predicted molar refractivity (Wildman–Crippen MR) is 191 cm³/mol. The molecule has 0 aliphatic heterocycles. The highest BCUT2D eigenvalue weighted by Gasteiger charge is 2.38. The third-order valence-electron chi connectivity index (χ3n) is 9.28. The van der Waals surface area contributed by atoms with Crippen LogP contribution in [0.4, 0.5) is 0 Å². The molecule has 0 aliphatic carbocycles. The van der Waals surface area contributed by atoms with Gasteiger partial charge in [-0.25, -0.2) is 0 Å². The number of unbranched alkanes of at least 4 members (excludes halogenated alkanes) is 11. The Morgan fingerprint density at radius 3 is 1.40 bits per heavy atom. The van der Waals surface area contributed by atoms with E-state index >= 15 is 0 Å². The van der Waals surface area contributed by atoms with Gasteiger partial charge in [-0.3, -0.25) is 0 Å². The number of aliphatic hydroxyl groups excluding tert-OH is 1. The van der Waals surface area contributed by atoms with Crippen molar-refractivity contribution in [3.63, 3.8) is 0 Å². The lowest BCUT2D eigenvalue weighted by Crippen LogP contribution is -2.37. The van der Waals surface area contributed by atoms with Gasteiger partial charge in [0.25, 0.3) is 0 Å². The lowest BCUT2D eigenvalue weighted by Gasteiger charge is -2.36. The van der Waals surface area contributed by atoms with Gasteiger partial charge in [0.2, 0.25) is 0 Å². The van der Waals surface area contributed by atoms with Gasteiger partial charge in [0.1, 0.15) is 11.7 Å². The third kappa shape index (κ3) is 12.7. The van der Waals surface area contributed by atoms with Gasteiger partial charge in [-0.2, -0.15) is 0 Å². The Hall–Kier alpha value is -2.46. The first kappa shape index (κ1) is 37.0. The molecular weight excluding hydrogens is 552 g/mol. The zero-order valence-corrected chi connectivity index (χ0v) is 28.7. The maximum absolute atomic E-state index is 11.3. The molecule has 248 valence electrons. The molecule has 0 heterocycles. The van der Waals surface area contributed by atoms with Crippen LogP contribution in [0, 0.1) is 5.92 Å². The van der Waals surface area contributed by atoms with Crippen molar-refractivity contribution in [3.05, 3.63) is 108 Å². The van der Waals surface area contributed by atoms with Crippen molar-refractivity contribution in [3.8, 4) is 0 Å². The van der Waals surface area contributed by atoms with Crippen molar-refractivity contribution < 1.29 is 14.6 Å². The molecule has 0 spiro atoms. The molecule has 0 saturated heterocycles. The summed E-state index contributed by atoms with van der Waals surface area (Å²) in [6.45, 7) is 7.36. The molecule has 45 heavy (non-hydrogen) atoms. The van der Waals surface area contributed by atoms with Crippen LogP contribution in [0.1, 0.15) is 134 Å². The van der Waals surface area contributed by atoms with E-state index in [1.807, 2.05) is 18.2 Å². The maximum Gasteiger partial charge on any atom is 0.143 e. The molecule has 0 radical (unpaired) electrons. The SMILES string of the molecule is CCCCCCCCCCCC(OCC(O)COC(c1ccccc1)(c1ccccc1)c1ccccc1)C(C)CCCCCC. The number of rotatable bonds is 25. The number of ether oxygens (including phenoxy) is 2. The smallest absolute Gasteiger partial charge is 0.143 e. The highest BCUT2D eigenvalue weighted by molar-refractivity contribution is 5.47. The summed E-state index contributed by atoms with van der Waals surface area (Å²) in [6, 6.07) is 31.1. The summed E-state index contributed by atoms with van der Waals surface area (Å²) in [4.78, 5) is 0. The Morgan fingerprint density at radius 2 is 0.933 bits per heavy atom. The predicted octanol–water partition coefficient (Wildman–Crippen LogP) is 11.3. The summed E-state index contributed by atoms with van der Waals surface area (Å²) in [6.07, 6.45) is 18.8. The summed E-state index contributed by atoms with van der Waals surface area (Å²) >= 11 is 0. The number of hydrogen-bond acceptors (Lipinski definition) is 3. The lowest BCUT2D eigenvalue weighted by atomic mass is 9.80.